The van der Waals surface area contributed by atoms with E-state index in [1.54, 1.807) is 36.4 Å². The zero-order chi connectivity index (χ0) is 33.2. The highest BCUT2D eigenvalue weighted by atomic mass is 16.7. The van der Waals surface area contributed by atoms with Crippen LogP contribution in [0.4, 0.5) is 0 Å². The fourth-order valence-electron chi connectivity index (χ4n) is 6.38. The van der Waals surface area contributed by atoms with Crippen LogP contribution in [0, 0.1) is 0 Å². The average Bonchev–Trinajstić information content (AvgIpc) is 3.37. The maximum absolute atomic E-state index is 13.2. The maximum Gasteiger partial charge on any atom is 0.340 e. The van der Waals surface area contributed by atoms with Crippen molar-refractivity contribution in [2.45, 2.75) is 67.0 Å². The summed E-state index contributed by atoms with van der Waals surface area (Å²) >= 11 is 0. The van der Waals surface area contributed by atoms with Crippen molar-refractivity contribution in [3.8, 4) is 23.0 Å². The normalized spacial score (nSPS) is 33.7. The molecule has 47 heavy (non-hydrogen) atoms. The van der Waals surface area contributed by atoms with Crippen molar-refractivity contribution in [3.05, 3.63) is 82.9 Å². The summed E-state index contributed by atoms with van der Waals surface area (Å²) in [5, 5.41) is 80.7. The molecular formula is C32H32O15. The van der Waals surface area contributed by atoms with Crippen LogP contribution < -0.4 is 14.2 Å². The van der Waals surface area contributed by atoms with Gasteiger partial charge in [0.1, 0.15) is 71.8 Å². The third-order valence-electron chi connectivity index (χ3n) is 8.86. The lowest BCUT2D eigenvalue weighted by Crippen LogP contribution is -2.60. The number of carbonyl (C=O) groups is 1. The first kappa shape index (κ1) is 31.7. The Hall–Kier alpha value is -3.87. The molecule has 1 spiro atoms. The lowest BCUT2D eigenvalue weighted by Gasteiger charge is -2.40. The van der Waals surface area contributed by atoms with E-state index in [0.29, 0.717) is 22.3 Å². The Labute approximate surface area is 266 Å². The van der Waals surface area contributed by atoms with Crippen LogP contribution in [-0.2, 0) is 19.8 Å². The number of aliphatic hydroxyl groups excluding tert-OH is 8. The third kappa shape index (κ3) is 5.03. The topological polar surface area (TPSA) is 234 Å². The number of fused-ring (bicyclic) bond motifs is 6. The molecule has 0 saturated carbocycles. The van der Waals surface area contributed by atoms with Crippen LogP contribution in [-0.4, -0.2) is 121 Å². The van der Waals surface area contributed by atoms with Gasteiger partial charge in [-0.2, -0.15) is 0 Å². The highest BCUT2D eigenvalue weighted by Crippen LogP contribution is 2.57. The minimum absolute atomic E-state index is 0.0954. The van der Waals surface area contributed by atoms with Gasteiger partial charge in [0.05, 0.1) is 18.8 Å². The highest BCUT2D eigenvalue weighted by Gasteiger charge is 2.54. The van der Waals surface area contributed by atoms with Crippen molar-refractivity contribution < 1.29 is 74.1 Å². The molecule has 0 unspecified atom stereocenters. The Bertz CT molecular complexity index is 1570. The molecule has 0 radical (unpaired) electrons. The molecule has 2 saturated heterocycles. The number of aliphatic hydroxyl groups is 8. The van der Waals surface area contributed by atoms with E-state index in [-0.39, 0.29) is 23.0 Å². The smallest absolute Gasteiger partial charge is 0.340 e. The van der Waals surface area contributed by atoms with Crippen LogP contribution in [0.2, 0.25) is 0 Å². The van der Waals surface area contributed by atoms with Gasteiger partial charge in [0.2, 0.25) is 12.6 Å². The number of carbonyl (C=O) groups excluding carboxylic acids is 1. The minimum Gasteiger partial charge on any atom is -0.462 e. The molecule has 0 aromatic heterocycles. The van der Waals surface area contributed by atoms with Crippen molar-refractivity contribution in [3.63, 3.8) is 0 Å². The van der Waals surface area contributed by atoms with Gasteiger partial charge in [0.25, 0.3) is 0 Å². The molecule has 15 heteroatoms. The summed E-state index contributed by atoms with van der Waals surface area (Å²) in [5.74, 6) is -0.0677. The van der Waals surface area contributed by atoms with Crippen LogP contribution in [0.15, 0.2) is 60.7 Å². The number of ether oxygens (including phenoxy) is 6. The zero-order valence-corrected chi connectivity index (χ0v) is 24.4. The molecule has 0 bridgehead atoms. The maximum atomic E-state index is 13.2. The lowest BCUT2D eigenvalue weighted by atomic mass is 9.77. The molecular weight excluding hydrogens is 624 g/mol. The predicted molar refractivity (Wildman–Crippen MR) is 153 cm³/mol. The van der Waals surface area contributed by atoms with E-state index in [4.69, 9.17) is 28.4 Å². The summed E-state index contributed by atoms with van der Waals surface area (Å²) in [4.78, 5) is 13.2. The van der Waals surface area contributed by atoms with Crippen molar-refractivity contribution in [2.24, 2.45) is 0 Å². The van der Waals surface area contributed by atoms with Gasteiger partial charge in [0, 0.05) is 28.8 Å². The van der Waals surface area contributed by atoms with Gasteiger partial charge < -0.3 is 69.3 Å². The van der Waals surface area contributed by atoms with Crippen LogP contribution in [0.3, 0.4) is 0 Å². The fraction of sp³-hybridized carbons (Fsp3) is 0.406. The molecule has 4 aliphatic rings. The third-order valence-corrected chi connectivity index (χ3v) is 8.86. The number of benzene rings is 3. The molecule has 7 rings (SSSR count). The SMILES string of the molecule is O=C1OC2(c3ccc(O[C@H]4O[C@H](CO)[C@H](O)[C@H](O)[C@H]4O)cc3Oc3cc(O[C@H]4O[C@H](CO)[C@H](O)[C@H](O)[C@H]4O)ccc32)c2ccccc21. The van der Waals surface area contributed by atoms with Gasteiger partial charge in [-0.3, -0.25) is 0 Å². The molecule has 10 atom stereocenters. The second-order valence-corrected chi connectivity index (χ2v) is 11.7. The van der Waals surface area contributed by atoms with E-state index in [0.717, 1.165) is 0 Å². The van der Waals surface area contributed by atoms with Gasteiger partial charge in [-0.05, 0) is 30.3 Å². The van der Waals surface area contributed by atoms with Crippen LogP contribution in [0.5, 0.6) is 23.0 Å². The Kier molecular flexibility index (Phi) is 8.08. The summed E-state index contributed by atoms with van der Waals surface area (Å²) in [5.41, 5.74) is 0.217. The summed E-state index contributed by atoms with van der Waals surface area (Å²) in [7, 11) is 0. The van der Waals surface area contributed by atoms with Crippen molar-refractivity contribution in [1.82, 2.24) is 0 Å². The van der Waals surface area contributed by atoms with E-state index in [9.17, 15) is 45.6 Å². The fourth-order valence-corrected chi connectivity index (χ4v) is 6.38. The van der Waals surface area contributed by atoms with Crippen molar-refractivity contribution in [1.29, 1.82) is 0 Å². The van der Waals surface area contributed by atoms with Gasteiger partial charge >= 0.3 is 5.97 Å². The predicted octanol–water partition coefficient (Wildman–Crippen LogP) is -1.39. The summed E-state index contributed by atoms with van der Waals surface area (Å²) in [6, 6.07) is 16.0. The van der Waals surface area contributed by atoms with Crippen LogP contribution >= 0.6 is 0 Å². The Morgan fingerprint density at radius 2 is 1.11 bits per heavy atom. The monoisotopic (exact) mass is 656 g/mol. The standard InChI is InChI=1S/C32H32O15/c33-11-21-23(35)25(37)27(39)30(45-21)42-13-5-7-17-19(9-13)44-20-10-14(43-31-28(40)26(38)24(36)22(12-34)46-31)6-8-18(20)32(17)16-4-2-1-3-15(16)29(41)47-32/h1-10,21-28,30-31,33-40H,11-12H2/t21-,22-,23+,24+,25+,26+,27-,28-,30+,31+/m1/s1. The first-order valence-electron chi connectivity index (χ1n) is 14.8. The van der Waals surface area contributed by atoms with Crippen molar-refractivity contribution in [2.75, 3.05) is 13.2 Å². The number of esters is 1. The second kappa shape index (κ2) is 12.0. The van der Waals surface area contributed by atoms with Crippen LogP contribution in [0.25, 0.3) is 0 Å². The molecule has 0 aliphatic carbocycles. The molecule has 4 heterocycles. The quantitative estimate of drug-likeness (QED) is 0.143. The molecule has 8 N–H and O–H groups in total. The Morgan fingerprint density at radius 1 is 0.617 bits per heavy atom. The van der Waals surface area contributed by atoms with Gasteiger partial charge in [-0.1, -0.05) is 18.2 Å². The van der Waals surface area contributed by atoms with E-state index >= 15 is 0 Å². The summed E-state index contributed by atoms with van der Waals surface area (Å²) in [6.07, 6.45) is -15.1. The first-order chi connectivity index (χ1) is 22.6. The Morgan fingerprint density at radius 3 is 1.60 bits per heavy atom. The largest absolute Gasteiger partial charge is 0.462 e. The lowest BCUT2D eigenvalue weighted by molar-refractivity contribution is -0.277. The minimum atomic E-state index is -1.67. The Balaban J connectivity index is 1.26. The molecule has 15 nitrogen and oxygen atoms in total. The molecule has 3 aromatic carbocycles. The van der Waals surface area contributed by atoms with E-state index in [1.165, 1.54) is 24.3 Å². The first-order valence-corrected chi connectivity index (χ1v) is 14.8. The molecule has 250 valence electrons. The van der Waals surface area contributed by atoms with E-state index in [1.807, 2.05) is 0 Å². The highest BCUT2D eigenvalue weighted by molar-refractivity contribution is 5.97. The molecule has 0 amide bonds. The van der Waals surface area contributed by atoms with Gasteiger partial charge in [-0.15, -0.1) is 0 Å². The summed E-state index contributed by atoms with van der Waals surface area (Å²) in [6.45, 7) is -1.29. The molecule has 3 aromatic rings. The average molecular weight is 657 g/mol. The van der Waals surface area contributed by atoms with E-state index < -0.39 is 86.2 Å². The van der Waals surface area contributed by atoms with Gasteiger partial charge in [0.15, 0.2) is 5.60 Å². The second-order valence-electron chi connectivity index (χ2n) is 11.7. The molecule has 2 fully saturated rings. The zero-order valence-electron chi connectivity index (χ0n) is 24.4. The molecule has 4 aliphatic heterocycles. The number of hydrogen-bond acceptors (Lipinski definition) is 15. The summed E-state index contributed by atoms with van der Waals surface area (Å²) < 4.78 is 35.0. The van der Waals surface area contributed by atoms with Crippen molar-refractivity contribution >= 4 is 5.97 Å². The number of rotatable bonds is 6. The van der Waals surface area contributed by atoms with Crippen LogP contribution in [0.1, 0.15) is 27.0 Å². The van der Waals surface area contributed by atoms with Gasteiger partial charge in [-0.25, -0.2) is 4.79 Å². The number of hydrogen-bond donors (Lipinski definition) is 8. The van der Waals surface area contributed by atoms with E-state index in [2.05, 4.69) is 0 Å².